The molecule has 1 rings (SSSR count). The molecule has 4 heteroatoms. The van der Waals surface area contributed by atoms with Crippen molar-refractivity contribution in [1.82, 2.24) is 0 Å². The van der Waals surface area contributed by atoms with Crippen LogP contribution in [0.2, 0.25) is 0 Å². The van der Waals surface area contributed by atoms with E-state index in [0.29, 0.717) is 12.3 Å². The third-order valence-electron chi connectivity index (χ3n) is 2.77. The third kappa shape index (κ3) is 2.58. The smallest absolute Gasteiger partial charge is 0.271 e. The number of hydrogen-bond acceptors (Lipinski definition) is 2. The van der Waals surface area contributed by atoms with E-state index in [0.717, 1.165) is 12.0 Å². The summed E-state index contributed by atoms with van der Waals surface area (Å²) >= 11 is 0. The number of hydrogen-bond donors (Lipinski definition) is 1. The topological polar surface area (TPSA) is 54.4 Å². The van der Waals surface area contributed by atoms with Crippen molar-refractivity contribution in [2.45, 2.75) is 38.9 Å². The Morgan fingerprint density at radius 1 is 1.50 bits per heavy atom. The maximum absolute atomic E-state index is 11.2. The molecule has 0 aromatic carbocycles. The Hall–Kier alpha value is -0.350. The first-order valence-corrected chi connectivity index (χ1v) is 6.49. The van der Waals surface area contributed by atoms with E-state index in [-0.39, 0.29) is 5.92 Å². The third-order valence-corrected chi connectivity index (χ3v) is 3.95. The van der Waals surface area contributed by atoms with Gasteiger partial charge in [0.25, 0.3) is 10.1 Å². The lowest BCUT2D eigenvalue weighted by Gasteiger charge is -2.28. The standard InChI is InChI=1S/C10H18O3S/c1-7(2)9-5-4-8(3)6-10(9)14(11,12)13/h5,7-8,10H,4,6H2,1-3H3,(H,11,12,13). The van der Waals surface area contributed by atoms with Crippen molar-refractivity contribution < 1.29 is 13.0 Å². The zero-order valence-electron chi connectivity index (χ0n) is 8.90. The van der Waals surface area contributed by atoms with Gasteiger partial charge in [-0.2, -0.15) is 8.42 Å². The minimum absolute atomic E-state index is 0.189. The quantitative estimate of drug-likeness (QED) is 0.571. The Kier molecular flexibility index (Phi) is 3.37. The van der Waals surface area contributed by atoms with E-state index in [1.165, 1.54) is 0 Å². The van der Waals surface area contributed by atoms with Gasteiger partial charge in [0.1, 0.15) is 5.25 Å². The van der Waals surface area contributed by atoms with Crippen LogP contribution in [0.5, 0.6) is 0 Å². The summed E-state index contributed by atoms with van der Waals surface area (Å²) in [6, 6.07) is 0. The molecular weight excluding hydrogens is 200 g/mol. The van der Waals surface area contributed by atoms with E-state index in [2.05, 4.69) is 0 Å². The molecule has 0 heterocycles. The lowest BCUT2D eigenvalue weighted by molar-refractivity contribution is 0.430. The van der Waals surface area contributed by atoms with Crippen molar-refractivity contribution in [2.24, 2.45) is 11.8 Å². The van der Waals surface area contributed by atoms with Crippen LogP contribution in [-0.4, -0.2) is 18.2 Å². The first kappa shape index (κ1) is 11.7. The Bertz CT molecular complexity index is 327. The second-order valence-corrected chi connectivity index (χ2v) is 6.04. The van der Waals surface area contributed by atoms with Crippen molar-refractivity contribution in [3.8, 4) is 0 Å². The van der Waals surface area contributed by atoms with Gasteiger partial charge in [-0.1, -0.05) is 32.4 Å². The molecule has 0 amide bonds. The van der Waals surface area contributed by atoms with Gasteiger partial charge in [0.2, 0.25) is 0 Å². The molecule has 1 aliphatic carbocycles. The van der Waals surface area contributed by atoms with Gasteiger partial charge >= 0.3 is 0 Å². The SMILES string of the molecule is CC1CC=C(C(C)C)C(S(=O)(=O)O)C1. The first-order valence-electron chi connectivity index (χ1n) is 4.98. The zero-order valence-corrected chi connectivity index (χ0v) is 9.71. The minimum atomic E-state index is -3.92. The van der Waals surface area contributed by atoms with Crippen LogP contribution < -0.4 is 0 Å². The van der Waals surface area contributed by atoms with Crippen LogP contribution in [-0.2, 0) is 10.1 Å². The van der Waals surface area contributed by atoms with E-state index >= 15 is 0 Å². The summed E-state index contributed by atoms with van der Waals surface area (Å²) in [5.41, 5.74) is 0.866. The molecule has 0 aromatic rings. The normalized spacial score (nSPS) is 29.1. The highest BCUT2D eigenvalue weighted by atomic mass is 32.2. The molecule has 0 fully saturated rings. The van der Waals surface area contributed by atoms with E-state index in [9.17, 15) is 8.42 Å². The summed E-state index contributed by atoms with van der Waals surface area (Å²) in [7, 11) is -3.92. The van der Waals surface area contributed by atoms with Crippen LogP contribution in [0.25, 0.3) is 0 Å². The summed E-state index contributed by atoms with van der Waals surface area (Å²) in [4.78, 5) is 0. The Morgan fingerprint density at radius 3 is 2.50 bits per heavy atom. The van der Waals surface area contributed by atoms with Gasteiger partial charge in [-0.3, -0.25) is 4.55 Å². The van der Waals surface area contributed by atoms with E-state index in [1.807, 2.05) is 26.8 Å². The molecule has 2 unspecified atom stereocenters. The molecule has 0 aromatic heterocycles. The van der Waals surface area contributed by atoms with Crippen LogP contribution in [0, 0.1) is 11.8 Å². The van der Waals surface area contributed by atoms with Crippen molar-refractivity contribution >= 4 is 10.1 Å². The number of allylic oxidation sites excluding steroid dienone is 1. The van der Waals surface area contributed by atoms with Crippen molar-refractivity contribution in [3.63, 3.8) is 0 Å². The second-order valence-electron chi connectivity index (χ2n) is 4.44. The predicted octanol–water partition coefficient (Wildman–Crippen LogP) is 2.26. The molecule has 0 saturated carbocycles. The molecule has 0 bridgehead atoms. The van der Waals surface area contributed by atoms with Crippen LogP contribution in [0.3, 0.4) is 0 Å². The molecular formula is C10H18O3S. The van der Waals surface area contributed by atoms with Crippen LogP contribution >= 0.6 is 0 Å². The fourth-order valence-corrected chi connectivity index (χ4v) is 3.25. The van der Waals surface area contributed by atoms with E-state index in [4.69, 9.17) is 4.55 Å². The highest BCUT2D eigenvalue weighted by Gasteiger charge is 2.32. The summed E-state index contributed by atoms with van der Waals surface area (Å²) in [6.45, 7) is 5.92. The van der Waals surface area contributed by atoms with Gasteiger partial charge in [0.05, 0.1) is 0 Å². The Balaban J connectivity index is 3.02. The number of rotatable bonds is 2. The Morgan fingerprint density at radius 2 is 2.07 bits per heavy atom. The highest BCUT2D eigenvalue weighted by molar-refractivity contribution is 7.86. The van der Waals surface area contributed by atoms with Gasteiger partial charge in [-0.25, -0.2) is 0 Å². The first-order chi connectivity index (χ1) is 6.32. The Labute approximate surface area is 86.0 Å². The van der Waals surface area contributed by atoms with Crippen LogP contribution in [0.1, 0.15) is 33.6 Å². The van der Waals surface area contributed by atoms with Gasteiger partial charge in [0.15, 0.2) is 0 Å². The minimum Gasteiger partial charge on any atom is -0.285 e. The summed E-state index contributed by atoms with van der Waals surface area (Å²) in [6.07, 6.45) is 3.43. The monoisotopic (exact) mass is 218 g/mol. The molecule has 1 N–H and O–H groups in total. The molecule has 82 valence electrons. The fraction of sp³-hybridized carbons (Fsp3) is 0.800. The summed E-state index contributed by atoms with van der Waals surface area (Å²) < 4.78 is 31.4. The van der Waals surface area contributed by atoms with E-state index < -0.39 is 15.4 Å². The van der Waals surface area contributed by atoms with E-state index in [1.54, 1.807) is 0 Å². The predicted molar refractivity (Wildman–Crippen MR) is 56.7 cm³/mol. The molecule has 14 heavy (non-hydrogen) atoms. The lowest BCUT2D eigenvalue weighted by Crippen LogP contribution is -2.30. The van der Waals surface area contributed by atoms with Crippen molar-refractivity contribution in [2.75, 3.05) is 0 Å². The average molecular weight is 218 g/mol. The zero-order chi connectivity index (χ0) is 10.9. The molecule has 0 aliphatic heterocycles. The largest absolute Gasteiger partial charge is 0.285 e. The molecule has 0 saturated heterocycles. The van der Waals surface area contributed by atoms with Crippen molar-refractivity contribution in [1.29, 1.82) is 0 Å². The van der Waals surface area contributed by atoms with Gasteiger partial charge in [-0.05, 0) is 24.7 Å². The van der Waals surface area contributed by atoms with Gasteiger partial charge in [-0.15, -0.1) is 0 Å². The molecule has 0 spiro atoms. The highest BCUT2D eigenvalue weighted by Crippen LogP contribution is 2.32. The lowest BCUT2D eigenvalue weighted by atomic mass is 9.85. The fourth-order valence-electron chi connectivity index (χ4n) is 1.97. The maximum atomic E-state index is 11.2. The molecule has 2 atom stereocenters. The molecule has 0 radical (unpaired) electrons. The van der Waals surface area contributed by atoms with Crippen LogP contribution in [0.15, 0.2) is 11.6 Å². The van der Waals surface area contributed by atoms with Crippen LogP contribution in [0.4, 0.5) is 0 Å². The molecule has 1 aliphatic rings. The van der Waals surface area contributed by atoms with Gasteiger partial charge < -0.3 is 0 Å². The summed E-state index contributed by atoms with van der Waals surface area (Å²) in [5, 5.41) is -0.675. The summed E-state index contributed by atoms with van der Waals surface area (Å²) in [5.74, 6) is 0.527. The van der Waals surface area contributed by atoms with Crippen molar-refractivity contribution in [3.05, 3.63) is 11.6 Å². The van der Waals surface area contributed by atoms with Gasteiger partial charge in [0, 0.05) is 0 Å². The second kappa shape index (κ2) is 4.03. The average Bonchev–Trinajstić information content (AvgIpc) is 2.01. The maximum Gasteiger partial charge on any atom is 0.271 e. The molecule has 3 nitrogen and oxygen atoms in total.